The zero-order valence-electron chi connectivity index (χ0n) is 13.3. The summed E-state index contributed by atoms with van der Waals surface area (Å²) in [6.07, 6.45) is 0.527. The monoisotopic (exact) mass is 283 g/mol. The van der Waals surface area contributed by atoms with Crippen molar-refractivity contribution >= 4 is 5.91 Å². The Bertz CT molecular complexity index is 351. The lowest BCUT2D eigenvalue weighted by atomic mass is 10.1. The van der Waals surface area contributed by atoms with Crippen LogP contribution in [0.1, 0.15) is 20.3 Å². The van der Waals surface area contributed by atoms with Gasteiger partial charge in [-0.25, -0.2) is 0 Å². The molecule has 2 aliphatic rings. The number of hydrogen-bond acceptors (Lipinski definition) is 4. The standard InChI is InChI=1S/C15H29N3O2/c1-15(2)9-13(15)14(20)17(4)10-12(19)11-18-7-5-16(3)6-8-18/h12-13,19H,5-11H2,1-4H3. The molecule has 1 amide bonds. The molecule has 2 rings (SSSR count). The molecular weight excluding hydrogens is 254 g/mol. The number of carbonyl (C=O) groups excluding carboxylic acids is 1. The fourth-order valence-corrected chi connectivity index (χ4v) is 2.95. The van der Waals surface area contributed by atoms with Crippen molar-refractivity contribution in [3.05, 3.63) is 0 Å². The molecular formula is C15H29N3O2. The topological polar surface area (TPSA) is 47.0 Å². The quantitative estimate of drug-likeness (QED) is 0.777. The lowest BCUT2D eigenvalue weighted by molar-refractivity contribution is -0.133. The maximum Gasteiger partial charge on any atom is 0.226 e. The molecule has 1 saturated heterocycles. The van der Waals surface area contributed by atoms with Crippen molar-refractivity contribution in [3.63, 3.8) is 0 Å². The van der Waals surface area contributed by atoms with E-state index < -0.39 is 6.10 Å². The third-order valence-corrected chi connectivity index (χ3v) is 4.74. The summed E-state index contributed by atoms with van der Waals surface area (Å²) in [5.41, 5.74) is 0.160. The van der Waals surface area contributed by atoms with Gasteiger partial charge in [-0.2, -0.15) is 0 Å². The minimum Gasteiger partial charge on any atom is -0.390 e. The summed E-state index contributed by atoms with van der Waals surface area (Å²) in [6.45, 7) is 9.47. The number of nitrogens with zero attached hydrogens (tertiary/aromatic N) is 3. The highest BCUT2D eigenvalue weighted by Gasteiger charge is 2.51. The van der Waals surface area contributed by atoms with E-state index in [0.29, 0.717) is 13.1 Å². The molecule has 2 atom stereocenters. The van der Waals surface area contributed by atoms with Crippen LogP contribution in [0.15, 0.2) is 0 Å². The molecule has 0 aromatic carbocycles. The van der Waals surface area contributed by atoms with Gasteiger partial charge in [-0.05, 0) is 18.9 Å². The molecule has 2 fully saturated rings. The first-order valence-corrected chi connectivity index (χ1v) is 7.63. The van der Waals surface area contributed by atoms with Crippen LogP contribution in [0.2, 0.25) is 0 Å². The predicted octanol–water partition coefficient (Wildman–Crippen LogP) is 0.0992. The second-order valence-corrected chi connectivity index (χ2v) is 7.22. The maximum atomic E-state index is 12.2. The Hall–Kier alpha value is -0.650. The van der Waals surface area contributed by atoms with E-state index in [2.05, 4.69) is 30.7 Å². The third kappa shape index (κ3) is 3.93. The number of carbonyl (C=O) groups is 1. The molecule has 0 radical (unpaired) electrons. The fraction of sp³-hybridized carbons (Fsp3) is 0.933. The number of hydrogen-bond donors (Lipinski definition) is 1. The van der Waals surface area contributed by atoms with Crippen molar-refractivity contribution in [2.45, 2.75) is 26.4 Å². The van der Waals surface area contributed by atoms with Crippen LogP contribution in [-0.4, -0.2) is 85.2 Å². The van der Waals surface area contributed by atoms with Gasteiger partial charge in [0.15, 0.2) is 0 Å². The molecule has 1 heterocycles. The smallest absolute Gasteiger partial charge is 0.226 e. The molecule has 1 N–H and O–H groups in total. The van der Waals surface area contributed by atoms with Gasteiger partial charge in [0.2, 0.25) is 5.91 Å². The number of aliphatic hydroxyl groups is 1. The van der Waals surface area contributed by atoms with Crippen molar-refractivity contribution < 1.29 is 9.90 Å². The summed E-state index contributed by atoms with van der Waals surface area (Å²) >= 11 is 0. The Morgan fingerprint density at radius 1 is 1.35 bits per heavy atom. The molecule has 1 aliphatic heterocycles. The SMILES string of the molecule is CN1CCN(CC(O)CN(C)C(=O)C2CC2(C)C)CC1. The van der Waals surface area contributed by atoms with E-state index in [1.165, 1.54) is 0 Å². The number of likely N-dealkylation sites (N-methyl/N-ethyl adjacent to an activating group) is 2. The fourth-order valence-electron chi connectivity index (χ4n) is 2.95. The van der Waals surface area contributed by atoms with Crippen LogP contribution < -0.4 is 0 Å². The molecule has 5 heteroatoms. The molecule has 1 saturated carbocycles. The molecule has 5 nitrogen and oxygen atoms in total. The average molecular weight is 283 g/mol. The van der Waals surface area contributed by atoms with Gasteiger partial charge in [-0.15, -0.1) is 0 Å². The Kier molecular flexibility index (Phi) is 4.72. The van der Waals surface area contributed by atoms with E-state index in [0.717, 1.165) is 32.6 Å². The molecule has 2 unspecified atom stereocenters. The lowest BCUT2D eigenvalue weighted by Gasteiger charge is -2.34. The van der Waals surface area contributed by atoms with E-state index in [1.807, 2.05) is 7.05 Å². The highest BCUT2D eigenvalue weighted by atomic mass is 16.3. The van der Waals surface area contributed by atoms with Crippen molar-refractivity contribution in [3.8, 4) is 0 Å². The van der Waals surface area contributed by atoms with Gasteiger partial charge in [-0.3, -0.25) is 9.69 Å². The maximum absolute atomic E-state index is 12.2. The first kappa shape index (κ1) is 15.7. The number of piperazine rings is 1. The highest BCUT2D eigenvalue weighted by molar-refractivity contribution is 5.82. The van der Waals surface area contributed by atoms with Gasteiger partial charge < -0.3 is 14.9 Å². The first-order valence-electron chi connectivity index (χ1n) is 7.63. The Morgan fingerprint density at radius 3 is 2.40 bits per heavy atom. The zero-order chi connectivity index (χ0) is 14.9. The number of β-amino-alcohol motifs (C(OH)–C–C–N with tert-alkyl or cyclic N) is 1. The largest absolute Gasteiger partial charge is 0.390 e. The third-order valence-electron chi connectivity index (χ3n) is 4.74. The minimum absolute atomic E-state index is 0.156. The Morgan fingerprint density at radius 2 is 1.90 bits per heavy atom. The lowest BCUT2D eigenvalue weighted by Crippen LogP contribution is -2.49. The summed E-state index contributed by atoms with van der Waals surface area (Å²) in [7, 11) is 3.93. The molecule has 0 aromatic heterocycles. The first-order chi connectivity index (χ1) is 9.29. The molecule has 116 valence electrons. The number of rotatable bonds is 5. The highest BCUT2D eigenvalue weighted by Crippen LogP contribution is 2.52. The van der Waals surface area contributed by atoms with Gasteiger partial charge >= 0.3 is 0 Å². The van der Waals surface area contributed by atoms with E-state index >= 15 is 0 Å². The van der Waals surface area contributed by atoms with Gasteiger partial charge in [0, 0.05) is 52.2 Å². The van der Waals surface area contributed by atoms with Crippen LogP contribution >= 0.6 is 0 Å². The zero-order valence-corrected chi connectivity index (χ0v) is 13.3. The van der Waals surface area contributed by atoms with E-state index in [4.69, 9.17) is 0 Å². The Balaban J connectivity index is 1.71. The van der Waals surface area contributed by atoms with E-state index in [9.17, 15) is 9.90 Å². The summed E-state index contributed by atoms with van der Waals surface area (Å²) in [6, 6.07) is 0. The van der Waals surface area contributed by atoms with Gasteiger partial charge in [0.05, 0.1) is 6.10 Å². The normalized spacial score (nSPS) is 28.1. The van der Waals surface area contributed by atoms with Crippen molar-refractivity contribution in [1.29, 1.82) is 0 Å². The van der Waals surface area contributed by atoms with Crippen LogP contribution in [0.5, 0.6) is 0 Å². The van der Waals surface area contributed by atoms with Crippen molar-refractivity contribution in [2.24, 2.45) is 11.3 Å². The van der Waals surface area contributed by atoms with Crippen LogP contribution in [0, 0.1) is 11.3 Å². The van der Waals surface area contributed by atoms with Crippen LogP contribution in [0.4, 0.5) is 0 Å². The van der Waals surface area contributed by atoms with E-state index in [1.54, 1.807) is 4.90 Å². The molecule has 1 aliphatic carbocycles. The summed E-state index contributed by atoms with van der Waals surface area (Å²) in [4.78, 5) is 18.5. The molecule has 20 heavy (non-hydrogen) atoms. The van der Waals surface area contributed by atoms with Gasteiger partial charge in [-0.1, -0.05) is 13.8 Å². The second kappa shape index (κ2) is 6.00. The second-order valence-electron chi connectivity index (χ2n) is 7.22. The number of aliphatic hydroxyl groups excluding tert-OH is 1. The van der Waals surface area contributed by atoms with Gasteiger partial charge in [0.1, 0.15) is 0 Å². The van der Waals surface area contributed by atoms with Gasteiger partial charge in [0.25, 0.3) is 0 Å². The van der Waals surface area contributed by atoms with Crippen LogP contribution in [-0.2, 0) is 4.79 Å². The predicted molar refractivity (Wildman–Crippen MR) is 79.5 cm³/mol. The van der Waals surface area contributed by atoms with Crippen molar-refractivity contribution in [2.75, 3.05) is 53.4 Å². The Labute approximate surface area is 122 Å². The number of amides is 1. The van der Waals surface area contributed by atoms with Crippen molar-refractivity contribution in [1.82, 2.24) is 14.7 Å². The summed E-state index contributed by atoms with van der Waals surface area (Å²) in [5, 5.41) is 10.2. The molecule has 0 spiro atoms. The average Bonchev–Trinajstić information content (AvgIpc) is 3.00. The summed E-state index contributed by atoms with van der Waals surface area (Å²) in [5.74, 6) is 0.343. The summed E-state index contributed by atoms with van der Waals surface area (Å²) < 4.78 is 0. The molecule has 0 bridgehead atoms. The minimum atomic E-state index is -0.450. The van der Waals surface area contributed by atoms with Crippen LogP contribution in [0.3, 0.4) is 0 Å². The molecule has 0 aromatic rings. The van der Waals surface area contributed by atoms with Crippen LogP contribution in [0.25, 0.3) is 0 Å². The van der Waals surface area contributed by atoms with E-state index in [-0.39, 0.29) is 17.2 Å².